The topological polar surface area (TPSA) is 12.5 Å². The smallest absolute Gasteiger partial charge is 0.162 e. The van der Waals surface area contributed by atoms with Gasteiger partial charge in [-0.1, -0.05) is 48.5 Å². The molecule has 0 radical (unpaired) electrons. The lowest BCUT2D eigenvalue weighted by molar-refractivity contribution is 0.238. The van der Waals surface area contributed by atoms with Gasteiger partial charge in [0.2, 0.25) is 0 Å². The lowest BCUT2D eigenvalue weighted by Gasteiger charge is -2.45. The highest BCUT2D eigenvalue weighted by Crippen LogP contribution is 2.44. The summed E-state index contributed by atoms with van der Waals surface area (Å²) in [6.07, 6.45) is 0. The van der Waals surface area contributed by atoms with Crippen LogP contribution in [0, 0.1) is 0 Å². The van der Waals surface area contributed by atoms with Gasteiger partial charge in [0.1, 0.15) is 5.75 Å². The van der Waals surface area contributed by atoms with Crippen LogP contribution >= 0.6 is 0 Å². The first-order chi connectivity index (χ1) is 10.7. The Bertz CT molecular complexity index is 823. The molecule has 0 atom stereocenters. The van der Waals surface area contributed by atoms with Crippen LogP contribution < -0.4 is 9.64 Å². The van der Waals surface area contributed by atoms with Gasteiger partial charge in [0.25, 0.3) is 0 Å². The van der Waals surface area contributed by atoms with Gasteiger partial charge in [-0.2, -0.15) is 0 Å². The Morgan fingerprint density at radius 2 is 1.59 bits per heavy atom. The molecule has 2 nitrogen and oxygen atoms in total. The second-order valence-corrected chi connectivity index (χ2v) is 6.26. The van der Waals surface area contributed by atoms with Crippen molar-refractivity contribution in [2.45, 2.75) is 19.4 Å². The fourth-order valence-corrected chi connectivity index (χ4v) is 3.44. The predicted molar refractivity (Wildman–Crippen MR) is 91.4 cm³/mol. The average molecular weight is 289 g/mol. The Kier molecular flexibility index (Phi) is 2.86. The molecule has 22 heavy (non-hydrogen) atoms. The molecular weight excluding hydrogens is 270 g/mol. The maximum absolute atomic E-state index is 6.06. The van der Waals surface area contributed by atoms with E-state index in [9.17, 15) is 0 Å². The van der Waals surface area contributed by atoms with Crippen LogP contribution in [-0.4, -0.2) is 6.73 Å². The first-order valence-corrected chi connectivity index (χ1v) is 7.65. The number of para-hydroxylation sites is 1. The maximum Gasteiger partial charge on any atom is 0.162 e. The Balaban J connectivity index is 1.94. The molecule has 4 rings (SSSR count). The van der Waals surface area contributed by atoms with Crippen molar-refractivity contribution in [3.05, 3.63) is 72.3 Å². The fraction of sp³-hybridized carbons (Fsp3) is 0.200. The molecule has 0 aliphatic carbocycles. The van der Waals surface area contributed by atoms with Crippen molar-refractivity contribution < 1.29 is 4.74 Å². The molecule has 0 fully saturated rings. The zero-order chi connectivity index (χ0) is 15.2. The summed E-state index contributed by atoms with van der Waals surface area (Å²) in [6, 6.07) is 23.2. The van der Waals surface area contributed by atoms with Crippen LogP contribution in [0.1, 0.15) is 19.4 Å². The van der Waals surface area contributed by atoms with Gasteiger partial charge in [-0.05, 0) is 42.8 Å². The number of nitrogens with zero attached hydrogens (tertiary/aromatic N) is 1. The molecule has 0 saturated heterocycles. The summed E-state index contributed by atoms with van der Waals surface area (Å²) < 4.78 is 6.06. The monoisotopic (exact) mass is 289 g/mol. The zero-order valence-corrected chi connectivity index (χ0v) is 12.9. The van der Waals surface area contributed by atoms with Crippen molar-refractivity contribution >= 4 is 16.5 Å². The molecule has 1 aliphatic heterocycles. The van der Waals surface area contributed by atoms with E-state index >= 15 is 0 Å². The number of hydrogen-bond donors (Lipinski definition) is 0. The van der Waals surface area contributed by atoms with E-state index in [0.717, 1.165) is 5.75 Å². The SMILES string of the molecule is CC1(C)c2c(ccc3ccccc23)OCN1c1ccccc1. The van der Waals surface area contributed by atoms with Gasteiger partial charge >= 0.3 is 0 Å². The molecule has 3 aromatic carbocycles. The van der Waals surface area contributed by atoms with Crippen LogP contribution in [0.3, 0.4) is 0 Å². The van der Waals surface area contributed by atoms with Gasteiger partial charge in [0.15, 0.2) is 6.73 Å². The molecular formula is C20H19NO. The molecule has 3 aromatic rings. The van der Waals surface area contributed by atoms with Crippen molar-refractivity contribution in [2.24, 2.45) is 0 Å². The number of benzene rings is 3. The van der Waals surface area contributed by atoms with Crippen LogP contribution in [0.2, 0.25) is 0 Å². The number of fused-ring (bicyclic) bond motifs is 3. The molecule has 0 bridgehead atoms. The highest BCUT2D eigenvalue weighted by atomic mass is 16.5. The third kappa shape index (κ3) is 1.87. The normalized spacial score (nSPS) is 16.2. The van der Waals surface area contributed by atoms with Crippen molar-refractivity contribution in [2.75, 3.05) is 11.6 Å². The highest BCUT2D eigenvalue weighted by Gasteiger charge is 2.37. The van der Waals surface area contributed by atoms with Crippen LogP contribution in [-0.2, 0) is 5.54 Å². The second-order valence-electron chi connectivity index (χ2n) is 6.26. The summed E-state index contributed by atoms with van der Waals surface area (Å²) in [5, 5.41) is 2.53. The molecule has 0 amide bonds. The molecule has 0 unspecified atom stereocenters. The molecule has 0 spiro atoms. The zero-order valence-electron chi connectivity index (χ0n) is 12.9. The predicted octanol–water partition coefficient (Wildman–Crippen LogP) is 4.93. The van der Waals surface area contributed by atoms with Crippen molar-refractivity contribution in [3.8, 4) is 5.75 Å². The van der Waals surface area contributed by atoms with Gasteiger partial charge in [0.05, 0.1) is 5.54 Å². The Morgan fingerprint density at radius 3 is 2.41 bits per heavy atom. The van der Waals surface area contributed by atoms with Crippen LogP contribution in [0.15, 0.2) is 66.7 Å². The minimum Gasteiger partial charge on any atom is -0.473 e. The molecule has 1 heterocycles. The van der Waals surface area contributed by atoms with E-state index in [-0.39, 0.29) is 5.54 Å². The fourth-order valence-electron chi connectivity index (χ4n) is 3.44. The summed E-state index contributed by atoms with van der Waals surface area (Å²) in [7, 11) is 0. The van der Waals surface area contributed by atoms with Crippen LogP contribution in [0.5, 0.6) is 5.75 Å². The van der Waals surface area contributed by atoms with E-state index in [2.05, 4.69) is 79.4 Å². The Morgan fingerprint density at radius 1 is 0.864 bits per heavy atom. The highest BCUT2D eigenvalue weighted by molar-refractivity contribution is 5.89. The Hall–Kier alpha value is -2.48. The standard InChI is InChI=1S/C20H19NO/c1-20(2)19-17-11-7-6-8-15(17)12-13-18(19)22-14-21(20)16-9-4-3-5-10-16/h3-13H,14H2,1-2H3. The van der Waals surface area contributed by atoms with Crippen molar-refractivity contribution in [1.29, 1.82) is 0 Å². The van der Waals surface area contributed by atoms with Gasteiger partial charge in [0, 0.05) is 11.3 Å². The Labute approximate surface area is 130 Å². The van der Waals surface area contributed by atoms with E-state index in [1.807, 2.05) is 6.07 Å². The maximum atomic E-state index is 6.06. The summed E-state index contributed by atoms with van der Waals surface area (Å²) in [4.78, 5) is 2.32. The molecule has 2 heteroatoms. The van der Waals surface area contributed by atoms with E-state index in [1.54, 1.807) is 0 Å². The van der Waals surface area contributed by atoms with E-state index in [4.69, 9.17) is 4.74 Å². The van der Waals surface area contributed by atoms with Crippen molar-refractivity contribution in [1.82, 2.24) is 0 Å². The largest absolute Gasteiger partial charge is 0.473 e. The average Bonchev–Trinajstić information content (AvgIpc) is 2.55. The molecule has 0 saturated carbocycles. The minimum absolute atomic E-state index is 0.129. The summed E-state index contributed by atoms with van der Waals surface area (Å²) >= 11 is 0. The third-order valence-corrected chi connectivity index (χ3v) is 4.59. The van der Waals surface area contributed by atoms with Crippen LogP contribution in [0.25, 0.3) is 10.8 Å². The van der Waals surface area contributed by atoms with Gasteiger partial charge in [-0.25, -0.2) is 0 Å². The number of rotatable bonds is 1. The van der Waals surface area contributed by atoms with E-state index in [1.165, 1.54) is 22.0 Å². The lowest BCUT2D eigenvalue weighted by Crippen LogP contribution is -2.47. The van der Waals surface area contributed by atoms with E-state index in [0.29, 0.717) is 6.73 Å². The minimum atomic E-state index is -0.129. The number of anilines is 1. The number of hydrogen-bond acceptors (Lipinski definition) is 2. The molecule has 0 N–H and O–H groups in total. The van der Waals surface area contributed by atoms with Gasteiger partial charge in [-0.15, -0.1) is 0 Å². The van der Waals surface area contributed by atoms with Crippen molar-refractivity contribution in [3.63, 3.8) is 0 Å². The summed E-state index contributed by atoms with van der Waals surface area (Å²) in [6.45, 7) is 5.12. The first-order valence-electron chi connectivity index (χ1n) is 7.65. The molecule has 0 aromatic heterocycles. The van der Waals surface area contributed by atoms with Gasteiger partial charge in [-0.3, -0.25) is 0 Å². The third-order valence-electron chi connectivity index (χ3n) is 4.59. The quantitative estimate of drug-likeness (QED) is 0.629. The summed E-state index contributed by atoms with van der Waals surface area (Å²) in [5.41, 5.74) is 2.32. The first kappa shape index (κ1) is 13.2. The second kappa shape index (κ2) is 4.77. The number of ether oxygens (including phenoxy) is 1. The van der Waals surface area contributed by atoms with E-state index < -0.39 is 0 Å². The lowest BCUT2D eigenvalue weighted by atomic mass is 9.86. The molecule has 110 valence electrons. The van der Waals surface area contributed by atoms with Crippen LogP contribution in [0.4, 0.5) is 5.69 Å². The van der Waals surface area contributed by atoms with Gasteiger partial charge < -0.3 is 9.64 Å². The summed E-state index contributed by atoms with van der Waals surface area (Å²) in [5.74, 6) is 0.996. The molecule has 1 aliphatic rings.